The highest BCUT2D eigenvalue weighted by molar-refractivity contribution is 9.10. The number of carbonyl (C=O) groups excluding carboxylic acids is 1. The Labute approximate surface area is 171 Å². The SMILES string of the molecule is O=C1ON=C(c2ccccc2)/C1=C/c1ccc(OCc2ccc(Br)cc2)cc1. The fourth-order valence-electron chi connectivity index (χ4n) is 2.79. The Morgan fingerprint density at radius 3 is 2.36 bits per heavy atom. The third-order valence-corrected chi connectivity index (χ3v) is 4.78. The molecule has 0 N–H and O–H groups in total. The molecule has 4 rings (SSSR count). The summed E-state index contributed by atoms with van der Waals surface area (Å²) in [6.07, 6.45) is 1.78. The number of oxime groups is 1. The van der Waals surface area contributed by atoms with Crippen molar-refractivity contribution in [3.63, 3.8) is 0 Å². The minimum atomic E-state index is -0.450. The molecule has 0 unspecified atom stereocenters. The van der Waals surface area contributed by atoms with Crippen molar-refractivity contribution in [1.29, 1.82) is 0 Å². The van der Waals surface area contributed by atoms with Gasteiger partial charge in [-0.15, -0.1) is 0 Å². The Morgan fingerprint density at radius 1 is 0.929 bits per heavy atom. The van der Waals surface area contributed by atoms with Crippen LogP contribution in [0.4, 0.5) is 0 Å². The predicted octanol–water partition coefficient (Wildman–Crippen LogP) is 5.37. The van der Waals surface area contributed by atoms with Gasteiger partial charge in [-0.25, -0.2) is 4.79 Å². The number of ether oxygens (including phenoxy) is 1. The lowest BCUT2D eigenvalue weighted by atomic mass is 10.0. The standard InChI is InChI=1S/C23H16BrNO3/c24-19-10-6-17(7-11-19)15-27-20-12-8-16(9-13-20)14-21-22(25-28-23(21)26)18-4-2-1-3-5-18/h1-14H,15H2/b21-14-. The number of halogens is 1. The molecule has 0 saturated carbocycles. The first-order valence-corrected chi connectivity index (χ1v) is 9.52. The number of hydrogen-bond acceptors (Lipinski definition) is 4. The van der Waals surface area contributed by atoms with E-state index in [1.807, 2.05) is 78.9 Å². The Kier molecular flexibility index (Phi) is 5.35. The molecule has 0 aliphatic carbocycles. The van der Waals surface area contributed by atoms with Crippen LogP contribution in [0.25, 0.3) is 6.08 Å². The zero-order valence-electron chi connectivity index (χ0n) is 14.8. The Hall–Kier alpha value is -3.18. The lowest BCUT2D eigenvalue weighted by molar-refractivity contribution is -0.136. The van der Waals surface area contributed by atoms with Crippen molar-refractivity contribution in [2.45, 2.75) is 6.61 Å². The van der Waals surface area contributed by atoms with Crippen LogP contribution in [-0.2, 0) is 16.2 Å². The van der Waals surface area contributed by atoms with Crippen LogP contribution < -0.4 is 4.74 Å². The van der Waals surface area contributed by atoms with Crippen molar-refractivity contribution in [2.24, 2.45) is 5.16 Å². The second-order valence-corrected chi connectivity index (χ2v) is 7.14. The van der Waals surface area contributed by atoms with Gasteiger partial charge in [0.1, 0.15) is 18.1 Å². The van der Waals surface area contributed by atoms with Crippen LogP contribution in [0.1, 0.15) is 16.7 Å². The Bertz CT molecular complexity index is 1040. The molecule has 0 aromatic heterocycles. The topological polar surface area (TPSA) is 47.9 Å². The van der Waals surface area contributed by atoms with Crippen LogP contribution in [0, 0.1) is 0 Å². The normalized spacial score (nSPS) is 14.7. The van der Waals surface area contributed by atoms with E-state index in [-0.39, 0.29) is 0 Å². The molecule has 0 spiro atoms. The predicted molar refractivity (Wildman–Crippen MR) is 112 cm³/mol. The van der Waals surface area contributed by atoms with Gasteiger partial charge < -0.3 is 9.57 Å². The molecule has 3 aromatic rings. The molecule has 0 radical (unpaired) electrons. The van der Waals surface area contributed by atoms with Crippen LogP contribution in [0.5, 0.6) is 5.75 Å². The molecule has 1 aliphatic rings. The number of carbonyl (C=O) groups is 1. The average molecular weight is 434 g/mol. The second-order valence-electron chi connectivity index (χ2n) is 6.23. The molecular weight excluding hydrogens is 418 g/mol. The van der Waals surface area contributed by atoms with Gasteiger partial charge in [-0.2, -0.15) is 0 Å². The minimum Gasteiger partial charge on any atom is -0.489 e. The number of hydrogen-bond donors (Lipinski definition) is 0. The molecule has 4 nitrogen and oxygen atoms in total. The van der Waals surface area contributed by atoms with Gasteiger partial charge in [-0.05, 0) is 41.5 Å². The molecule has 0 atom stereocenters. The van der Waals surface area contributed by atoms with Crippen LogP contribution in [0.3, 0.4) is 0 Å². The highest BCUT2D eigenvalue weighted by Crippen LogP contribution is 2.22. The van der Waals surface area contributed by atoms with Crippen molar-refractivity contribution in [3.05, 3.63) is 106 Å². The van der Waals surface area contributed by atoms with Crippen molar-refractivity contribution < 1.29 is 14.4 Å². The fourth-order valence-corrected chi connectivity index (χ4v) is 3.05. The van der Waals surface area contributed by atoms with E-state index in [9.17, 15) is 4.79 Å². The molecule has 0 saturated heterocycles. The van der Waals surface area contributed by atoms with E-state index >= 15 is 0 Å². The largest absolute Gasteiger partial charge is 0.489 e. The van der Waals surface area contributed by atoms with E-state index in [4.69, 9.17) is 9.57 Å². The molecule has 3 aromatic carbocycles. The molecule has 1 heterocycles. The summed E-state index contributed by atoms with van der Waals surface area (Å²) in [5, 5.41) is 3.92. The lowest BCUT2D eigenvalue weighted by Crippen LogP contribution is -2.06. The highest BCUT2D eigenvalue weighted by atomic mass is 79.9. The first-order valence-electron chi connectivity index (χ1n) is 8.73. The molecule has 1 aliphatic heterocycles. The van der Waals surface area contributed by atoms with E-state index in [2.05, 4.69) is 21.1 Å². The molecule has 28 heavy (non-hydrogen) atoms. The first-order chi connectivity index (χ1) is 13.7. The van der Waals surface area contributed by atoms with E-state index in [1.54, 1.807) is 6.08 Å². The molecule has 5 heteroatoms. The van der Waals surface area contributed by atoms with E-state index in [1.165, 1.54) is 0 Å². The quantitative estimate of drug-likeness (QED) is 0.401. The number of nitrogens with zero attached hydrogens (tertiary/aromatic N) is 1. The number of rotatable bonds is 5. The third kappa shape index (κ3) is 4.21. The minimum absolute atomic E-state index is 0.440. The summed E-state index contributed by atoms with van der Waals surface area (Å²) >= 11 is 3.42. The van der Waals surface area contributed by atoms with Gasteiger partial charge >= 0.3 is 5.97 Å². The monoisotopic (exact) mass is 433 g/mol. The third-order valence-electron chi connectivity index (χ3n) is 4.25. The summed E-state index contributed by atoms with van der Waals surface area (Å²) in [6.45, 7) is 0.491. The van der Waals surface area contributed by atoms with Crippen LogP contribution >= 0.6 is 15.9 Å². The molecule has 0 bridgehead atoms. The van der Waals surface area contributed by atoms with Gasteiger partial charge in [-0.1, -0.05) is 75.7 Å². The van der Waals surface area contributed by atoms with Gasteiger partial charge in [-0.3, -0.25) is 0 Å². The van der Waals surface area contributed by atoms with Crippen molar-refractivity contribution in [3.8, 4) is 5.75 Å². The van der Waals surface area contributed by atoms with Crippen molar-refractivity contribution in [2.75, 3.05) is 0 Å². The molecule has 0 amide bonds. The molecule has 138 valence electrons. The fraction of sp³-hybridized carbons (Fsp3) is 0.0435. The Morgan fingerprint density at radius 2 is 1.64 bits per heavy atom. The summed E-state index contributed by atoms with van der Waals surface area (Å²) in [5.74, 6) is 0.311. The number of benzene rings is 3. The zero-order chi connectivity index (χ0) is 19.3. The van der Waals surface area contributed by atoms with E-state index in [0.29, 0.717) is 17.9 Å². The second kappa shape index (κ2) is 8.23. The summed E-state index contributed by atoms with van der Waals surface area (Å²) in [7, 11) is 0. The first kappa shape index (κ1) is 18.2. The van der Waals surface area contributed by atoms with Gasteiger partial charge in [0.05, 0.1) is 5.57 Å². The van der Waals surface area contributed by atoms with Gasteiger partial charge in [0.25, 0.3) is 0 Å². The lowest BCUT2D eigenvalue weighted by Gasteiger charge is -2.07. The molecule has 0 fully saturated rings. The van der Waals surface area contributed by atoms with Crippen LogP contribution in [0.2, 0.25) is 0 Å². The van der Waals surface area contributed by atoms with Gasteiger partial charge in [0.15, 0.2) is 0 Å². The smallest absolute Gasteiger partial charge is 0.368 e. The summed E-state index contributed by atoms with van der Waals surface area (Å²) in [6, 6.07) is 25.1. The summed E-state index contributed by atoms with van der Waals surface area (Å²) < 4.78 is 6.86. The van der Waals surface area contributed by atoms with E-state index in [0.717, 1.165) is 26.9 Å². The van der Waals surface area contributed by atoms with Crippen LogP contribution in [-0.4, -0.2) is 11.7 Å². The molecular formula is C23H16BrNO3. The zero-order valence-corrected chi connectivity index (χ0v) is 16.4. The maximum absolute atomic E-state index is 12.1. The van der Waals surface area contributed by atoms with Gasteiger partial charge in [0, 0.05) is 10.0 Å². The van der Waals surface area contributed by atoms with Crippen molar-refractivity contribution >= 4 is 33.7 Å². The van der Waals surface area contributed by atoms with Crippen molar-refractivity contribution in [1.82, 2.24) is 0 Å². The average Bonchev–Trinajstić information content (AvgIpc) is 3.09. The maximum Gasteiger partial charge on any atom is 0.368 e. The Balaban J connectivity index is 1.48. The van der Waals surface area contributed by atoms with Gasteiger partial charge in [0.2, 0.25) is 0 Å². The summed E-state index contributed by atoms with van der Waals surface area (Å²) in [4.78, 5) is 17.0. The highest BCUT2D eigenvalue weighted by Gasteiger charge is 2.26. The summed E-state index contributed by atoms with van der Waals surface area (Å²) in [5.41, 5.74) is 3.78. The maximum atomic E-state index is 12.1. The van der Waals surface area contributed by atoms with E-state index < -0.39 is 5.97 Å². The van der Waals surface area contributed by atoms with Crippen LogP contribution in [0.15, 0.2) is 94.1 Å².